The number of rotatable bonds is 5. The van der Waals surface area contributed by atoms with Crippen molar-refractivity contribution in [2.24, 2.45) is 5.92 Å². The third kappa shape index (κ3) is 2.96. The number of likely N-dealkylation sites (N-methyl/N-ethyl adjacent to an activating group) is 1. The first-order valence-electron chi connectivity index (χ1n) is 5.32. The molecule has 82 valence electrons. The molecule has 1 saturated heterocycles. The molecule has 0 radical (unpaired) electrons. The number of unbranched alkanes of at least 4 members (excludes halogenated alkanes) is 1. The minimum absolute atomic E-state index is 0.0168. The van der Waals surface area contributed by atoms with Crippen LogP contribution in [0.15, 0.2) is 0 Å². The van der Waals surface area contributed by atoms with Gasteiger partial charge >= 0.3 is 0 Å². The Morgan fingerprint density at radius 3 is 2.93 bits per heavy atom. The molecule has 0 bridgehead atoms. The highest BCUT2D eigenvalue weighted by atomic mass is 16.5. The fraction of sp³-hybridized carbons (Fsp3) is 0.900. The highest BCUT2D eigenvalue weighted by Crippen LogP contribution is 2.13. The highest BCUT2D eigenvalue weighted by Gasteiger charge is 2.32. The molecule has 4 heteroatoms. The topological polar surface area (TPSA) is 50.4 Å². The van der Waals surface area contributed by atoms with Crippen LogP contribution >= 0.6 is 0 Å². The molecule has 1 amide bonds. The fourth-order valence-electron chi connectivity index (χ4n) is 1.62. The van der Waals surface area contributed by atoms with Crippen LogP contribution in [0.3, 0.4) is 0 Å². The predicted molar refractivity (Wildman–Crippen MR) is 55.1 cm³/mol. The van der Waals surface area contributed by atoms with Gasteiger partial charge in [0.25, 0.3) is 0 Å². The van der Waals surface area contributed by atoms with E-state index in [4.69, 9.17) is 4.74 Å². The molecule has 1 aliphatic heterocycles. The SMILES string of the molecule is CCCCNC(=O)C1COCC1NC. The van der Waals surface area contributed by atoms with E-state index in [2.05, 4.69) is 17.6 Å². The lowest BCUT2D eigenvalue weighted by Crippen LogP contribution is -2.42. The van der Waals surface area contributed by atoms with Gasteiger partial charge in [-0.05, 0) is 13.5 Å². The van der Waals surface area contributed by atoms with Crippen molar-refractivity contribution in [3.05, 3.63) is 0 Å². The zero-order chi connectivity index (χ0) is 10.4. The number of carbonyl (C=O) groups is 1. The average Bonchev–Trinajstić information content (AvgIpc) is 2.65. The lowest BCUT2D eigenvalue weighted by atomic mass is 10.0. The molecule has 1 fully saturated rings. The van der Waals surface area contributed by atoms with Gasteiger partial charge in [-0.2, -0.15) is 0 Å². The van der Waals surface area contributed by atoms with E-state index in [0.29, 0.717) is 13.2 Å². The summed E-state index contributed by atoms with van der Waals surface area (Å²) < 4.78 is 5.26. The molecule has 2 N–H and O–H groups in total. The standard InChI is InChI=1S/C10H20N2O2/c1-3-4-5-12-10(13)8-6-14-7-9(8)11-2/h8-9,11H,3-7H2,1-2H3,(H,12,13). The Bertz CT molecular complexity index is 185. The van der Waals surface area contributed by atoms with E-state index in [-0.39, 0.29) is 17.9 Å². The van der Waals surface area contributed by atoms with Crippen molar-refractivity contribution < 1.29 is 9.53 Å². The number of carbonyl (C=O) groups excluding carboxylic acids is 1. The molecule has 0 aromatic carbocycles. The zero-order valence-electron chi connectivity index (χ0n) is 9.01. The van der Waals surface area contributed by atoms with Crippen molar-refractivity contribution in [2.75, 3.05) is 26.8 Å². The summed E-state index contributed by atoms with van der Waals surface area (Å²) in [5.41, 5.74) is 0. The van der Waals surface area contributed by atoms with Gasteiger partial charge in [-0.25, -0.2) is 0 Å². The summed E-state index contributed by atoms with van der Waals surface area (Å²) in [5.74, 6) is 0.104. The Morgan fingerprint density at radius 2 is 2.29 bits per heavy atom. The van der Waals surface area contributed by atoms with Crippen molar-refractivity contribution >= 4 is 5.91 Å². The number of amides is 1. The van der Waals surface area contributed by atoms with Gasteiger partial charge < -0.3 is 15.4 Å². The van der Waals surface area contributed by atoms with Gasteiger partial charge in [0.15, 0.2) is 0 Å². The summed E-state index contributed by atoms with van der Waals surface area (Å²) in [6, 6.07) is 0.177. The van der Waals surface area contributed by atoms with Gasteiger partial charge in [-0.1, -0.05) is 13.3 Å². The lowest BCUT2D eigenvalue weighted by molar-refractivity contribution is -0.125. The van der Waals surface area contributed by atoms with Crippen LogP contribution < -0.4 is 10.6 Å². The number of hydrogen-bond acceptors (Lipinski definition) is 3. The second kappa shape index (κ2) is 5.98. The summed E-state index contributed by atoms with van der Waals surface area (Å²) in [5, 5.41) is 6.03. The first-order valence-corrected chi connectivity index (χ1v) is 5.32. The van der Waals surface area contributed by atoms with Gasteiger partial charge in [0.05, 0.1) is 19.1 Å². The molecule has 2 atom stereocenters. The summed E-state index contributed by atoms with van der Waals surface area (Å²) >= 11 is 0. The van der Waals surface area contributed by atoms with Crippen molar-refractivity contribution in [1.82, 2.24) is 10.6 Å². The highest BCUT2D eigenvalue weighted by molar-refractivity contribution is 5.79. The van der Waals surface area contributed by atoms with Crippen LogP contribution in [0.5, 0.6) is 0 Å². The van der Waals surface area contributed by atoms with E-state index in [0.717, 1.165) is 19.4 Å². The first kappa shape index (κ1) is 11.5. The predicted octanol–water partition coefficient (Wildman–Crippen LogP) is 0.137. The van der Waals surface area contributed by atoms with Crippen LogP contribution in [0.1, 0.15) is 19.8 Å². The monoisotopic (exact) mass is 200 g/mol. The molecule has 1 rings (SSSR count). The Hall–Kier alpha value is -0.610. The van der Waals surface area contributed by atoms with Crippen LogP contribution in [0.2, 0.25) is 0 Å². The fourth-order valence-corrected chi connectivity index (χ4v) is 1.62. The second-order valence-corrected chi connectivity index (χ2v) is 3.68. The third-order valence-electron chi connectivity index (χ3n) is 2.62. The maximum absolute atomic E-state index is 11.7. The van der Waals surface area contributed by atoms with Crippen LogP contribution in [0, 0.1) is 5.92 Å². The molecule has 1 heterocycles. The van der Waals surface area contributed by atoms with Crippen LogP contribution in [-0.4, -0.2) is 38.8 Å². The van der Waals surface area contributed by atoms with Gasteiger partial charge in [0.1, 0.15) is 0 Å². The zero-order valence-corrected chi connectivity index (χ0v) is 9.01. The normalized spacial score (nSPS) is 26.4. The molecule has 0 spiro atoms. The summed E-state index contributed by atoms with van der Waals surface area (Å²) in [6.07, 6.45) is 2.15. The first-order chi connectivity index (χ1) is 6.79. The Morgan fingerprint density at radius 1 is 1.50 bits per heavy atom. The number of nitrogens with one attached hydrogen (secondary N) is 2. The second-order valence-electron chi connectivity index (χ2n) is 3.68. The van der Waals surface area contributed by atoms with Gasteiger partial charge in [0.2, 0.25) is 5.91 Å². The van der Waals surface area contributed by atoms with Crippen molar-refractivity contribution in [3.63, 3.8) is 0 Å². The minimum atomic E-state index is -0.0168. The minimum Gasteiger partial charge on any atom is -0.379 e. The van der Waals surface area contributed by atoms with Crippen molar-refractivity contribution in [2.45, 2.75) is 25.8 Å². The molecule has 0 aromatic heterocycles. The van der Waals surface area contributed by atoms with E-state index in [1.165, 1.54) is 0 Å². The van der Waals surface area contributed by atoms with E-state index in [1.54, 1.807) is 0 Å². The molecular weight excluding hydrogens is 180 g/mol. The van der Waals surface area contributed by atoms with Crippen molar-refractivity contribution in [1.29, 1.82) is 0 Å². The van der Waals surface area contributed by atoms with Gasteiger partial charge in [-0.3, -0.25) is 4.79 Å². The Kier molecular flexibility index (Phi) is 4.90. The van der Waals surface area contributed by atoms with Crippen molar-refractivity contribution in [3.8, 4) is 0 Å². The Balaban J connectivity index is 2.28. The summed E-state index contributed by atoms with van der Waals surface area (Å²) in [6.45, 7) is 4.08. The van der Waals surface area contributed by atoms with Crippen LogP contribution in [0.4, 0.5) is 0 Å². The molecule has 2 unspecified atom stereocenters. The van der Waals surface area contributed by atoms with Crippen LogP contribution in [-0.2, 0) is 9.53 Å². The number of hydrogen-bond donors (Lipinski definition) is 2. The van der Waals surface area contributed by atoms with E-state index in [1.807, 2.05) is 7.05 Å². The Labute approximate surface area is 85.4 Å². The lowest BCUT2D eigenvalue weighted by Gasteiger charge is -2.16. The van der Waals surface area contributed by atoms with E-state index >= 15 is 0 Å². The van der Waals surface area contributed by atoms with E-state index < -0.39 is 0 Å². The summed E-state index contributed by atoms with van der Waals surface area (Å²) in [4.78, 5) is 11.7. The van der Waals surface area contributed by atoms with Gasteiger partial charge in [-0.15, -0.1) is 0 Å². The smallest absolute Gasteiger partial charge is 0.227 e. The molecule has 0 aliphatic carbocycles. The maximum Gasteiger partial charge on any atom is 0.227 e. The molecule has 0 saturated carbocycles. The molecule has 0 aromatic rings. The maximum atomic E-state index is 11.7. The summed E-state index contributed by atoms with van der Waals surface area (Å²) in [7, 11) is 1.87. The molecular formula is C10H20N2O2. The number of ether oxygens (including phenoxy) is 1. The van der Waals surface area contributed by atoms with Gasteiger partial charge in [0, 0.05) is 12.6 Å². The largest absolute Gasteiger partial charge is 0.379 e. The molecule has 14 heavy (non-hydrogen) atoms. The molecule has 1 aliphatic rings. The third-order valence-corrected chi connectivity index (χ3v) is 2.62. The van der Waals surface area contributed by atoms with Crippen LogP contribution in [0.25, 0.3) is 0 Å². The van der Waals surface area contributed by atoms with E-state index in [9.17, 15) is 4.79 Å². The average molecular weight is 200 g/mol. The quantitative estimate of drug-likeness (QED) is 0.621. The molecule has 4 nitrogen and oxygen atoms in total.